The Morgan fingerprint density at radius 1 is 1.40 bits per heavy atom. The van der Waals surface area contributed by atoms with Gasteiger partial charge < -0.3 is 25.4 Å². The Bertz CT molecular complexity index is 509. The van der Waals surface area contributed by atoms with E-state index in [0.29, 0.717) is 5.69 Å². The van der Waals surface area contributed by atoms with Gasteiger partial charge in [-0.2, -0.15) is 0 Å². The molecule has 0 radical (unpaired) electrons. The molecule has 8 nitrogen and oxygen atoms in total. The number of nitro benzene ring substituents is 1. The number of nitrogens with zero attached hydrogens (tertiary/aromatic N) is 1. The van der Waals surface area contributed by atoms with Crippen molar-refractivity contribution in [1.29, 1.82) is 0 Å². The van der Waals surface area contributed by atoms with Gasteiger partial charge in [-0.25, -0.2) is 0 Å². The average molecular weight is 284 g/mol. The number of hydrogen-bond acceptors (Lipinski definition) is 7. The highest BCUT2D eigenvalue weighted by atomic mass is 16.6. The van der Waals surface area contributed by atoms with Crippen molar-refractivity contribution in [1.82, 2.24) is 0 Å². The maximum absolute atomic E-state index is 10.7. The molecule has 1 heterocycles. The summed E-state index contributed by atoms with van der Waals surface area (Å²) in [5.74, 6) is 0. The van der Waals surface area contributed by atoms with E-state index in [4.69, 9.17) is 9.84 Å². The van der Waals surface area contributed by atoms with E-state index in [9.17, 15) is 20.3 Å². The minimum atomic E-state index is -1.23. The normalized spacial score (nSPS) is 29.4. The summed E-state index contributed by atoms with van der Waals surface area (Å²) >= 11 is 0. The number of aliphatic hydroxyl groups is 3. The first-order valence-corrected chi connectivity index (χ1v) is 6.08. The van der Waals surface area contributed by atoms with Crippen molar-refractivity contribution in [3.63, 3.8) is 0 Å². The molecule has 4 atom stereocenters. The number of aliphatic hydroxyl groups excluding tert-OH is 3. The smallest absolute Gasteiger partial charge is 0.271 e. The second-order valence-electron chi connectivity index (χ2n) is 4.66. The van der Waals surface area contributed by atoms with Gasteiger partial charge in [0.05, 0.1) is 11.5 Å². The molecule has 0 saturated carbocycles. The van der Waals surface area contributed by atoms with Crippen LogP contribution >= 0.6 is 0 Å². The number of nitrogens with one attached hydrogen (secondary N) is 1. The quantitative estimate of drug-likeness (QED) is 0.444. The molecule has 4 N–H and O–H groups in total. The summed E-state index contributed by atoms with van der Waals surface area (Å²) in [5.41, 5.74) is 1.06. The molecule has 20 heavy (non-hydrogen) atoms. The SMILES string of the molecule is Cc1ccc([N+](=O)[O-])cc1N[C@@H]1O[C@@H](CO)[C@@H](O)[C@H]1O. The topological polar surface area (TPSA) is 125 Å². The van der Waals surface area contributed by atoms with E-state index >= 15 is 0 Å². The summed E-state index contributed by atoms with van der Waals surface area (Å²) < 4.78 is 5.26. The molecule has 2 rings (SSSR count). The van der Waals surface area contributed by atoms with Gasteiger partial charge in [0.2, 0.25) is 0 Å². The van der Waals surface area contributed by atoms with Crippen LogP contribution in [-0.2, 0) is 4.74 Å². The maximum Gasteiger partial charge on any atom is 0.271 e. The Hall–Kier alpha value is -1.74. The average Bonchev–Trinajstić information content (AvgIpc) is 2.68. The lowest BCUT2D eigenvalue weighted by Crippen LogP contribution is -2.36. The highest BCUT2D eigenvalue weighted by Crippen LogP contribution is 2.27. The van der Waals surface area contributed by atoms with Crippen molar-refractivity contribution in [2.45, 2.75) is 31.5 Å². The summed E-state index contributed by atoms with van der Waals surface area (Å²) in [6.45, 7) is 1.32. The third-order valence-corrected chi connectivity index (χ3v) is 3.27. The molecule has 1 aliphatic heterocycles. The van der Waals surface area contributed by atoms with E-state index in [0.717, 1.165) is 5.56 Å². The fraction of sp³-hybridized carbons (Fsp3) is 0.500. The third-order valence-electron chi connectivity index (χ3n) is 3.27. The van der Waals surface area contributed by atoms with Crippen molar-refractivity contribution < 1.29 is 25.0 Å². The standard InChI is InChI=1S/C12H16N2O6/c1-6-2-3-7(14(18)19)4-8(6)13-12-11(17)10(16)9(5-15)20-12/h2-4,9-13,15-17H,5H2,1H3/t9-,10+,11+,12+/m0/s1. The van der Waals surface area contributed by atoms with E-state index in [-0.39, 0.29) is 5.69 Å². The van der Waals surface area contributed by atoms with Gasteiger partial charge >= 0.3 is 0 Å². The van der Waals surface area contributed by atoms with Gasteiger partial charge in [0.1, 0.15) is 18.3 Å². The van der Waals surface area contributed by atoms with Crippen LogP contribution in [0.1, 0.15) is 5.56 Å². The molecule has 0 bridgehead atoms. The van der Waals surface area contributed by atoms with Crippen molar-refractivity contribution in [2.24, 2.45) is 0 Å². The van der Waals surface area contributed by atoms with E-state index in [1.807, 2.05) is 0 Å². The van der Waals surface area contributed by atoms with Crippen LogP contribution in [-0.4, -0.2) is 51.4 Å². The Morgan fingerprint density at radius 2 is 2.10 bits per heavy atom. The molecule has 1 fully saturated rings. The molecular formula is C12H16N2O6. The second kappa shape index (κ2) is 5.71. The molecule has 0 aliphatic carbocycles. The zero-order valence-electron chi connectivity index (χ0n) is 10.8. The van der Waals surface area contributed by atoms with Crippen LogP contribution in [0.4, 0.5) is 11.4 Å². The van der Waals surface area contributed by atoms with Crippen LogP contribution in [0.5, 0.6) is 0 Å². The largest absolute Gasteiger partial charge is 0.394 e. The summed E-state index contributed by atoms with van der Waals surface area (Å²) in [4.78, 5) is 10.2. The molecule has 0 spiro atoms. The van der Waals surface area contributed by atoms with Crippen molar-refractivity contribution in [2.75, 3.05) is 11.9 Å². The molecule has 110 valence electrons. The van der Waals surface area contributed by atoms with Crippen LogP contribution in [0, 0.1) is 17.0 Å². The van der Waals surface area contributed by atoms with E-state index < -0.39 is 36.1 Å². The lowest BCUT2D eigenvalue weighted by Gasteiger charge is -2.19. The molecule has 0 unspecified atom stereocenters. The van der Waals surface area contributed by atoms with Crippen LogP contribution in [0.15, 0.2) is 18.2 Å². The number of benzene rings is 1. The summed E-state index contributed by atoms with van der Waals surface area (Å²) in [6.07, 6.45) is -4.27. The van der Waals surface area contributed by atoms with Crippen LogP contribution in [0.25, 0.3) is 0 Å². The van der Waals surface area contributed by atoms with Gasteiger partial charge in [0.25, 0.3) is 5.69 Å². The third kappa shape index (κ3) is 2.73. The number of nitro groups is 1. The highest BCUT2D eigenvalue weighted by Gasteiger charge is 2.42. The van der Waals surface area contributed by atoms with Gasteiger partial charge in [0, 0.05) is 17.8 Å². The zero-order chi connectivity index (χ0) is 14.9. The summed E-state index contributed by atoms with van der Waals surface area (Å²) in [6, 6.07) is 4.27. The Labute approximate surface area is 114 Å². The maximum atomic E-state index is 10.7. The first-order chi connectivity index (χ1) is 9.43. The Balaban J connectivity index is 2.18. The number of non-ortho nitro benzene ring substituents is 1. The molecular weight excluding hydrogens is 268 g/mol. The second-order valence-corrected chi connectivity index (χ2v) is 4.66. The summed E-state index contributed by atoms with van der Waals surface area (Å²) in [5, 5.41) is 42.0. The van der Waals surface area contributed by atoms with Crippen LogP contribution in [0.2, 0.25) is 0 Å². The van der Waals surface area contributed by atoms with Crippen molar-refractivity contribution >= 4 is 11.4 Å². The van der Waals surface area contributed by atoms with E-state index in [1.165, 1.54) is 12.1 Å². The molecule has 0 aromatic heterocycles. The minimum absolute atomic E-state index is 0.0927. The van der Waals surface area contributed by atoms with Gasteiger partial charge in [-0.05, 0) is 12.5 Å². The monoisotopic (exact) mass is 284 g/mol. The number of anilines is 1. The number of hydrogen-bond donors (Lipinski definition) is 4. The van der Waals surface area contributed by atoms with Gasteiger partial charge in [-0.3, -0.25) is 10.1 Å². The molecule has 0 amide bonds. The lowest BCUT2D eigenvalue weighted by molar-refractivity contribution is -0.384. The number of aryl methyl sites for hydroxylation is 1. The highest BCUT2D eigenvalue weighted by molar-refractivity contribution is 5.57. The number of rotatable bonds is 4. The van der Waals surface area contributed by atoms with Gasteiger partial charge in [0.15, 0.2) is 6.23 Å². The fourth-order valence-electron chi connectivity index (χ4n) is 2.05. The van der Waals surface area contributed by atoms with Crippen molar-refractivity contribution in [3.05, 3.63) is 33.9 Å². The fourth-order valence-corrected chi connectivity index (χ4v) is 2.05. The first-order valence-electron chi connectivity index (χ1n) is 6.08. The van der Waals surface area contributed by atoms with Crippen LogP contribution in [0.3, 0.4) is 0 Å². The molecule has 1 aromatic carbocycles. The molecule has 1 saturated heterocycles. The van der Waals surface area contributed by atoms with Gasteiger partial charge in [-0.1, -0.05) is 6.07 Å². The first kappa shape index (κ1) is 14.7. The zero-order valence-corrected chi connectivity index (χ0v) is 10.8. The Kier molecular flexibility index (Phi) is 4.19. The molecule has 1 aliphatic rings. The molecule has 1 aromatic rings. The van der Waals surface area contributed by atoms with Crippen molar-refractivity contribution in [3.8, 4) is 0 Å². The minimum Gasteiger partial charge on any atom is -0.394 e. The van der Waals surface area contributed by atoms with Gasteiger partial charge in [-0.15, -0.1) is 0 Å². The predicted molar refractivity (Wildman–Crippen MR) is 69.2 cm³/mol. The van der Waals surface area contributed by atoms with E-state index in [2.05, 4.69) is 5.32 Å². The Morgan fingerprint density at radius 3 is 2.65 bits per heavy atom. The van der Waals surface area contributed by atoms with Crippen LogP contribution < -0.4 is 5.32 Å². The summed E-state index contributed by atoms with van der Waals surface area (Å²) in [7, 11) is 0. The number of ether oxygens (including phenoxy) is 1. The predicted octanol–water partition coefficient (Wildman–Crippen LogP) is -0.246. The molecule has 8 heteroatoms. The lowest BCUT2D eigenvalue weighted by atomic mass is 10.1. The van der Waals surface area contributed by atoms with E-state index in [1.54, 1.807) is 13.0 Å².